The summed E-state index contributed by atoms with van der Waals surface area (Å²) in [5.74, 6) is 1.89. The number of anilines is 2. The van der Waals surface area contributed by atoms with Gasteiger partial charge >= 0.3 is 0 Å². The van der Waals surface area contributed by atoms with E-state index in [2.05, 4.69) is 4.90 Å². The van der Waals surface area contributed by atoms with E-state index in [1.807, 2.05) is 83.8 Å². The number of hydrogen-bond donors (Lipinski definition) is 0. The highest BCUT2D eigenvalue weighted by atomic mass is 19.1. The Morgan fingerprint density at radius 1 is 0.649 bits per heavy atom. The molecule has 1 aromatic heterocycles. The van der Waals surface area contributed by atoms with Crippen LogP contribution < -0.4 is 14.5 Å². The number of halogens is 2. The van der Waals surface area contributed by atoms with Crippen LogP contribution in [0.5, 0.6) is 11.5 Å². The van der Waals surface area contributed by atoms with Crippen LogP contribution in [0.15, 0.2) is 97.1 Å². The first-order valence-corrected chi connectivity index (χ1v) is 12.2. The van der Waals surface area contributed by atoms with Gasteiger partial charge in [0, 0.05) is 43.2 Å². The van der Waals surface area contributed by atoms with Crippen molar-refractivity contribution in [3.8, 4) is 22.9 Å². The molecule has 0 atom stereocenters. The first-order valence-electron chi connectivity index (χ1n) is 12.2. The van der Waals surface area contributed by atoms with Crippen molar-refractivity contribution in [3.63, 3.8) is 0 Å². The van der Waals surface area contributed by atoms with Crippen molar-refractivity contribution >= 4 is 22.4 Å². The molecular weight excluding hydrogens is 470 g/mol. The van der Waals surface area contributed by atoms with E-state index < -0.39 is 11.6 Å². The van der Waals surface area contributed by atoms with E-state index in [1.54, 1.807) is 0 Å². The molecule has 0 bridgehead atoms. The first kappa shape index (κ1) is 22.9. The average molecular weight is 495 g/mol. The molecule has 0 N–H and O–H groups in total. The summed E-state index contributed by atoms with van der Waals surface area (Å²) in [5.41, 5.74) is 2.17. The number of aromatic nitrogens is 2. The zero-order valence-corrected chi connectivity index (χ0v) is 20.0. The van der Waals surface area contributed by atoms with Crippen LogP contribution in [-0.2, 0) is 0 Å². The lowest BCUT2D eigenvalue weighted by molar-refractivity contribution is 0.483. The molecule has 0 radical (unpaired) electrons. The first-order chi connectivity index (χ1) is 18.1. The molecule has 7 heteroatoms. The van der Waals surface area contributed by atoms with Crippen molar-refractivity contribution in [1.82, 2.24) is 9.97 Å². The molecule has 0 spiro atoms. The summed E-state index contributed by atoms with van der Waals surface area (Å²) in [6.07, 6.45) is 0. The predicted octanol–water partition coefficient (Wildman–Crippen LogP) is 6.69. The maximum Gasteiger partial charge on any atom is 0.162 e. The summed E-state index contributed by atoms with van der Waals surface area (Å²) in [6, 6.07) is 29.1. The van der Waals surface area contributed by atoms with E-state index in [0.717, 1.165) is 39.8 Å². The third-order valence-electron chi connectivity index (χ3n) is 6.50. The van der Waals surface area contributed by atoms with Gasteiger partial charge in [-0.05, 0) is 60.7 Å². The average Bonchev–Trinajstić information content (AvgIpc) is 2.94. The fraction of sp³-hybridized carbons (Fsp3) is 0.133. The van der Waals surface area contributed by atoms with Crippen LogP contribution in [0.1, 0.15) is 0 Å². The fourth-order valence-electron chi connectivity index (χ4n) is 4.62. The summed E-state index contributed by atoms with van der Waals surface area (Å²) in [4.78, 5) is 13.9. The van der Waals surface area contributed by atoms with Gasteiger partial charge in [0.2, 0.25) is 0 Å². The van der Waals surface area contributed by atoms with Gasteiger partial charge in [-0.15, -0.1) is 0 Å². The number of hydrogen-bond acceptors (Lipinski definition) is 5. The summed E-state index contributed by atoms with van der Waals surface area (Å²) in [7, 11) is 0. The largest absolute Gasteiger partial charge is 0.457 e. The highest BCUT2D eigenvalue weighted by molar-refractivity contribution is 5.91. The van der Waals surface area contributed by atoms with Crippen LogP contribution >= 0.6 is 0 Å². The second-order valence-electron chi connectivity index (χ2n) is 8.90. The van der Waals surface area contributed by atoms with E-state index in [9.17, 15) is 8.78 Å². The van der Waals surface area contributed by atoms with Gasteiger partial charge in [0.05, 0.1) is 11.2 Å². The van der Waals surface area contributed by atoms with E-state index in [0.29, 0.717) is 37.7 Å². The Morgan fingerprint density at radius 3 is 2.08 bits per heavy atom. The topological polar surface area (TPSA) is 41.5 Å². The smallest absolute Gasteiger partial charge is 0.162 e. The lowest BCUT2D eigenvalue weighted by atomic mass is 10.1. The molecule has 5 aromatic rings. The fourth-order valence-corrected chi connectivity index (χ4v) is 4.62. The second kappa shape index (κ2) is 9.85. The monoisotopic (exact) mass is 494 g/mol. The molecule has 0 amide bonds. The van der Waals surface area contributed by atoms with Gasteiger partial charge in [-0.3, -0.25) is 0 Å². The van der Waals surface area contributed by atoms with Gasteiger partial charge in [0.1, 0.15) is 29.0 Å². The normalized spacial score (nSPS) is 13.7. The Kier molecular flexibility index (Phi) is 6.10. The van der Waals surface area contributed by atoms with Gasteiger partial charge in [-0.25, -0.2) is 18.7 Å². The summed E-state index contributed by atoms with van der Waals surface area (Å²) in [5, 5.41) is 0.969. The highest BCUT2D eigenvalue weighted by Crippen LogP contribution is 2.31. The molecule has 2 heterocycles. The Morgan fingerprint density at radius 2 is 1.32 bits per heavy atom. The number of fused-ring (bicyclic) bond motifs is 1. The SMILES string of the molecule is Fc1ccc(N2CCN(c3nc(-c4ccc(Oc5ccccc5)cc4)nc4ccccc34)CC2)c(F)c1. The standard InChI is InChI=1S/C30H24F2N4O/c31-22-12-15-28(26(32)20-22)35-16-18-36(19-17-35)30-25-8-4-5-9-27(25)33-29(34-30)21-10-13-24(14-11-21)37-23-6-2-1-3-7-23/h1-15,20H,16-19H2. The quantitative estimate of drug-likeness (QED) is 0.272. The maximum absolute atomic E-state index is 14.3. The molecule has 1 saturated heterocycles. The summed E-state index contributed by atoms with van der Waals surface area (Å²) >= 11 is 0. The number of para-hydroxylation sites is 2. The van der Waals surface area contributed by atoms with Gasteiger partial charge < -0.3 is 14.5 Å². The highest BCUT2D eigenvalue weighted by Gasteiger charge is 2.23. The third kappa shape index (κ3) is 4.80. The minimum absolute atomic E-state index is 0.423. The maximum atomic E-state index is 14.3. The van der Waals surface area contributed by atoms with Crippen molar-refractivity contribution in [3.05, 3.63) is 109 Å². The Balaban J connectivity index is 1.26. The van der Waals surface area contributed by atoms with Gasteiger partial charge in [-0.2, -0.15) is 0 Å². The van der Waals surface area contributed by atoms with Gasteiger partial charge in [0.15, 0.2) is 5.82 Å². The minimum atomic E-state index is -0.570. The van der Waals surface area contributed by atoms with Crippen LogP contribution in [0.4, 0.5) is 20.3 Å². The molecule has 0 unspecified atom stereocenters. The minimum Gasteiger partial charge on any atom is -0.457 e. The van der Waals surface area contributed by atoms with Crippen molar-refractivity contribution in [2.45, 2.75) is 0 Å². The van der Waals surface area contributed by atoms with Crippen LogP contribution in [0.2, 0.25) is 0 Å². The number of ether oxygens (including phenoxy) is 1. The molecule has 5 nitrogen and oxygen atoms in total. The molecule has 1 fully saturated rings. The number of rotatable bonds is 5. The van der Waals surface area contributed by atoms with Gasteiger partial charge in [-0.1, -0.05) is 30.3 Å². The number of nitrogens with zero attached hydrogens (tertiary/aromatic N) is 4. The zero-order valence-electron chi connectivity index (χ0n) is 20.0. The third-order valence-corrected chi connectivity index (χ3v) is 6.50. The van der Waals surface area contributed by atoms with E-state index in [4.69, 9.17) is 14.7 Å². The van der Waals surface area contributed by atoms with Crippen LogP contribution in [0, 0.1) is 11.6 Å². The summed E-state index contributed by atoms with van der Waals surface area (Å²) < 4.78 is 33.6. The Labute approximate surface area is 213 Å². The van der Waals surface area contributed by atoms with Gasteiger partial charge in [0.25, 0.3) is 0 Å². The molecule has 0 saturated carbocycles. The van der Waals surface area contributed by atoms with Crippen molar-refractivity contribution in [1.29, 1.82) is 0 Å². The summed E-state index contributed by atoms with van der Waals surface area (Å²) in [6.45, 7) is 2.51. The zero-order chi connectivity index (χ0) is 25.2. The number of benzene rings is 4. The predicted molar refractivity (Wildman–Crippen MR) is 142 cm³/mol. The molecular formula is C30H24F2N4O. The molecule has 1 aliphatic rings. The Bertz CT molecular complexity index is 1540. The molecule has 0 aliphatic carbocycles. The molecule has 37 heavy (non-hydrogen) atoms. The van der Waals surface area contributed by atoms with Crippen LogP contribution in [0.25, 0.3) is 22.3 Å². The van der Waals surface area contributed by atoms with E-state index in [1.165, 1.54) is 12.1 Å². The van der Waals surface area contributed by atoms with E-state index >= 15 is 0 Å². The van der Waals surface area contributed by atoms with Crippen molar-refractivity contribution in [2.24, 2.45) is 0 Å². The molecule has 1 aliphatic heterocycles. The lowest BCUT2D eigenvalue weighted by Gasteiger charge is -2.37. The molecule has 6 rings (SSSR count). The van der Waals surface area contributed by atoms with Crippen LogP contribution in [0.3, 0.4) is 0 Å². The molecule has 4 aromatic carbocycles. The van der Waals surface area contributed by atoms with Crippen molar-refractivity contribution in [2.75, 3.05) is 36.0 Å². The van der Waals surface area contributed by atoms with Crippen molar-refractivity contribution < 1.29 is 13.5 Å². The Hall–Kier alpha value is -4.52. The van der Waals surface area contributed by atoms with E-state index in [-0.39, 0.29) is 0 Å². The molecule has 184 valence electrons. The second-order valence-corrected chi connectivity index (χ2v) is 8.90. The lowest BCUT2D eigenvalue weighted by Crippen LogP contribution is -2.47. The number of piperazine rings is 1. The van der Waals surface area contributed by atoms with Crippen LogP contribution in [-0.4, -0.2) is 36.1 Å².